The largest absolute Gasteiger partial charge is 0.463 e. The van der Waals surface area contributed by atoms with Gasteiger partial charge in [0.2, 0.25) is 0 Å². The number of aromatic nitrogens is 2. The van der Waals surface area contributed by atoms with Crippen LogP contribution in [0, 0.1) is 0 Å². The van der Waals surface area contributed by atoms with Crippen LogP contribution in [0.3, 0.4) is 0 Å². The molecule has 0 bridgehead atoms. The average molecular weight is 338 g/mol. The Hall–Kier alpha value is -3.05. The van der Waals surface area contributed by atoms with Crippen molar-refractivity contribution in [2.75, 3.05) is 5.32 Å². The highest BCUT2D eigenvalue weighted by Gasteiger charge is 2.14. The third-order valence-electron chi connectivity index (χ3n) is 3.67. The Morgan fingerprint density at radius 2 is 1.92 bits per heavy atom. The highest BCUT2D eigenvalue weighted by molar-refractivity contribution is 6.32. The molecule has 0 aliphatic rings. The molecular formula is C18H12ClN3O2. The average Bonchev–Trinajstić information content (AvgIpc) is 3.22. The van der Waals surface area contributed by atoms with Crippen LogP contribution in [0.4, 0.5) is 5.69 Å². The predicted molar refractivity (Wildman–Crippen MR) is 92.7 cm³/mol. The van der Waals surface area contributed by atoms with E-state index in [9.17, 15) is 4.79 Å². The Labute approximate surface area is 142 Å². The molecule has 0 aliphatic heterocycles. The minimum atomic E-state index is -0.251. The molecule has 0 radical (unpaired) electrons. The predicted octanol–water partition coefficient (Wildman–Crippen LogP) is 4.52. The van der Waals surface area contributed by atoms with Gasteiger partial charge in [-0.1, -0.05) is 41.9 Å². The molecule has 2 heterocycles. The molecule has 118 valence electrons. The maximum absolute atomic E-state index is 12.5. The lowest BCUT2D eigenvalue weighted by Gasteiger charge is -2.03. The number of nitrogens with zero attached hydrogens (tertiary/aromatic N) is 2. The van der Waals surface area contributed by atoms with E-state index in [4.69, 9.17) is 16.0 Å². The van der Waals surface area contributed by atoms with E-state index in [0.717, 1.165) is 11.1 Å². The van der Waals surface area contributed by atoms with Crippen molar-refractivity contribution < 1.29 is 9.21 Å². The number of fused-ring (bicyclic) bond motifs is 1. The smallest absolute Gasteiger partial charge is 0.259 e. The molecule has 0 saturated carbocycles. The topological polar surface area (TPSA) is 60.1 Å². The summed E-state index contributed by atoms with van der Waals surface area (Å²) in [4.78, 5) is 12.5. The third-order valence-corrected chi connectivity index (χ3v) is 3.98. The standard InChI is InChI=1S/C18H12ClN3O2/c19-15-6-2-3-7-16(15)22-10-12(9-20-22)21-18(23)14-11-24-17-8-4-1-5-13(14)17/h1-11H,(H,21,23). The van der Waals surface area contributed by atoms with Gasteiger partial charge in [-0.3, -0.25) is 4.79 Å². The van der Waals surface area contributed by atoms with Gasteiger partial charge < -0.3 is 9.73 Å². The number of carbonyl (C=O) groups is 1. The Balaban J connectivity index is 1.60. The van der Waals surface area contributed by atoms with Crippen LogP contribution < -0.4 is 5.32 Å². The van der Waals surface area contributed by atoms with E-state index in [1.165, 1.54) is 6.26 Å². The van der Waals surface area contributed by atoms with Gasteiger partial charge in [-0.05, 0) is 18.2 Å². The summed E-state index contributed by atoms with van der Waals surface area (Å²) in [6.07, 6.45) is 4.74. The van der Waals surface area contributed by atoms with Gasteiger partial charge in [0.15, 0.2) is 0 Å². The Kier molecular flexibility index (Phi) is 3.55. The lowest BCUT2D eigenvalue weighted by atomic mass is 10.1. The van der Waals surface area contributed by atoms with Gasteiger partial charge in [0.25, 0.3) is 5.91 Å². The maximum Gasteiger partial charge on any atom is 0.259 e. The summed E-state index contributed by atoms with van der Waals surface area (Å²) < 4.78 is 7.02. The van der Waals surface area contributed by atoms with E-state index >= 15 is 0 Å². The van der Waals surface area contributed by atoms with Crippen LogP contribution in [0.25, 0.3) is 16.7 Å². The number of furan rings is 1. The number of anilines is 1. The number of hydrogen-bond donors (Lipinski definition) is 1. The molecule has 1 N–H and O–H groups in total. The van der Waals surface area contributed by atoms with Crippen LogP contribution in [0.5, 0.6) is 0 Å². The second kappa shape index (κ2) is 5.86. The lowest BCUT2D eigenvalue weighted by molar-refractivity contribution is 0.102. The number of benzene rings is 2. The molecule has 0 unspecified atom stereocenters. The van der Waals surface area contributed by atoms with E-state index in [-0.39, 0.29) is 5.91 Å². The monoisotopic (exact) mass is 337 g/mol. The second-order valence-electron chi connectivity index (χ2n) is 5.22. The zero-order valence-corrected chi connectivity index (χ0v) is 13.2. The molecule has 4 aromatic rings. The minimum absolute atomic E-state index is 0.251. The first kappa shape index (κ1) is 14.5. The molecule has 0 aliphatic carbocycles. The number of halogens is 1. The fourth-order valence-corrected chi connectivity index (χ4v) is 2.73. The second-order valence-corrected chi connectivity index (χ2v) is 5.63. The number of carbonyl (C=O) groups excluding carboxylic acids is 1. The molecule has 2 aromatic carbocycles. The summed E-state index contributed by atoms with van der Waals surface area (Å²) in [7, 11) is 0. The zero-order valence-electron chi connectivity index (χ0n) is 12.4. The Morgan fingerprint density at radius 3 is 2.79 bits per heavy atom. The molecule has 4 rings (SSSR count). The van der Waals surface area contributed by atoms with E-state index in [0.29, 0.717) is 21.9 Å². The van der Waals surface area contributed by atoms with Crippen LogP contribution >= 0.6 is 11.6 Å². The quantitative estimate of drug-likeness (QED) is 0.597. The minimum Gasteiger partial charge on any atom is -0.463 e. The highest BCUT2D eigenvalue weighted by atomic mass is 35.5. The first-order valence-corrected chi connectivity index (χ1v) is 7.67. The molecule has 0 spiro atoms. The Morgan fingerprint density at radius 1 is 1.12 bits per heavy atom. The van der Waals surface area contributed by atoms with E-state index in [1.807, 2.05) is 42.5 Å². The number of rotatable bonds is 3. The molecule has 1 amide bonds. The normalized spacial score (nSPS) is 10.9. The van der Waals surface area contributed by atoms with Crippen LogP contribution in [-0.2, 0) is 0 Å². The van der Waals surface area contributed by atoms with Crippen LogP contribution in [0.15, 0.2) is 71.6 Å². The molecule has 0 atom stereocenters. The summed E-state index contributed by atoms with van der Waals surface area (Å²) in [5, 5.41) is 8.41. The first-order valence-electron chi connectivity index (χ1n) is 7.29. The molecule has 0 saturated heterocycles. The number of para-hydroxylation sites is 2. The maximum atomic E-state index is 12.5. The van der Waals surface area contributed by atoms with Gasteiger partial charge >= 0.3 is 0 Å². The lowest BCUT2D eigenvalue weighted by Crippen LogP contribution is -2.10. The molecule has 2 aromatic heterocycles. The Bertz CT molecular complexity index is 1040. The van der Waals surface area contributed by atoms with Crippen molar-refractivity contribution in [1.29, 1.82) is 0 Å². The molecule has 24 heavy (non-hydrogen) atoms. The number of nitrogens with one attached hydrogen (secondary N) is 1. The van der Waals surface area contributed by atoms with E-state index < -0.39 is 0 Å². The SMILES string of the molecule is O=C(Nc1cnn(-c2ccccc2Cl)c1)c1coc2ccccc12. The molecular weight excluding hydrogens is 326 g/mol. The highest BCUT2D eigenvalue weighted by Crippen LogP contribution is 2.23. The van der Waals surface area contributed by atoms with Crippen molar-refractivity contribution in [1.82, 2.24) is 9.78 Å². The van der Waals surface area contributed by atoms with Gasteiger partial charge in [0.1, 0.15) is 11.8 Å². The van der Waals surface area contributed by atoms with Gasteiger partial charge in [0.05, 0.1) is 34.4 Å². The van der Waals surface area contributed by atoms with Gasteiger partial charge in [-0.25, -0.2) is 4.68 Å². The molecule has 5 nitrogen and oxygen atoms in total. The summed E-state index contributed by atoms with van der Waals surface area (Å²) in [6.45, 7) is 0. The van der Waals surface area contributed by atoms with Crippen molar-refractivity contribution >= 4 is 34.2 Å². The van der Waals surface area contributed by atoms with Gasteiger partial charge in [-0.15, -0.1) is 0 Å². The van der Waals surface area contributed by atoms with Crippen molar-refractivity contribution in [3.63, 3.8) is 0 Å². The number of amides is 1. The van der Waals surface area contributed by atoms with E-state index in [2.05, 4.69) is 10.4 Å². The number of hydrogen-bond acceptors (Lipinski definition) is 3. The van der Waals surface area contributed by atoms with Crippen molar-refractivity contribution in [2.24, 2.45) is 0 Å². The molecule has 6 heteroatoms. The van der Waals surface area contributed by atoms with Crippen LogP contribution in [-0.4, -0.2) is 15.7 Å². The first-order chi connectivity index (χ1) is 11.7. The summed E-state index contributed by atoms with van der Waals surface area (Å²) in [5.74, 6) is -0.251. The van der Waals surface area contributed by atoms with Crippen LogP contribution in [0.1, 0.15) is 10.4 Å². The fourth-order valence-electron chi connectivity index (χ4n) is 2.51. The van der Waals surface area contributed by atoms with Crippen molar-refractivity contribution in [3.8, 4) is 5.69 Å². The van der Waals surface area contributed by atoms with Gasteiger partial charge in [0, 0.05) is 5.39 Å². The van der Waals surface area contributed by atoms with Gasteiger partial charge in [-0.2, -0.15) is 5.10 Å². The van der Waals surface area contributed by atoms with Crippen molar-refractivity contribution in [2.45, 2.75) is 0 Å². The molecule has 0 fully saturated rings. The van der Waals surface area contributed by atoms with Crippen molar-refractivity contribution in [3.05, 3.63) is 77.8 Å². The van der Waals surface area contributed by atoms with E-state index in [1.54, 1.807) is 23.1 Å². The third kappa shape index (κ3) is 2.55. The van der Waals surface area contributed by atoms with Crippen LogP contribution in [0.2, 0.25) is 5.02 Å². The summed E-state index contributed by atoms with van der Waals surface area (Å²) in [6, 6.07) is 14.8. The zero-order chi connectivity index (χ0) is 16.5. The summed E-state index contributed by atoms with van der Waals surface area (Å²) in [5.41, 5.74) is 2.48. The fraction of sp³-hybridized carbons (Fsp3) is 0. The summed E-state index contributed by atoms with van der Waals surface area (Å²) >= 11 is 6.16.